The maximum atomic E-state index is 13.1. The Morgan fingerprint density at radius 1 is 1.19 bits per heavy atom. The van der Waals surface area contributed by atoms with Crippen LogP contribution < -0.4 is 4.74 Å². The summed E-state index contributed by atoms with van der Waals surface area (Å²) in [6.07, 6.45) is 2.43. The molecule has 3 aliphatic rings. The highest BCUT2D eigenvalue weighted by Crippen LogP contribution is 2.41. The molecule has 3 aliphatic heterocycles. The average molecular weight is 454 g/mol. The molecule has 2 saturated heterocycles. The summed E-state index contributed by atoms with van der Waals surface area (Å²) in [6, 6.07) is 11.7. The van der Waals surface area contributed by atoms with Gasteiger partial charge >= 0.3 is 0 Å². The van der Waals surface area contributed by atoms with E-state index in [1.807, 2.05) is 13.0 Å². The number of aliphatic hydroxyl groups excluding tert-OH is 1. The van der Waals surface area contributed by atoms with Gasteiger partial charge in [-0.15, -0.1) is 0 Å². The van der Waals surface area contributed by atoms with Gasteiger partial charge in [-0.05, 0) is 61.2 Å². The lowest BCUT2D eigenvalue weighted by Gasteiger charge is -2.27. The summed E-state index contributed by atoms with van der Waals surface area (Å²) < 4.78 is 11.5. The van der Waals surface area contributed by atoms with E-state index >= 15 is 0 Å². The minimum absolute atomic E-state index is 0.0634. The summed E-state index contributed by atoms with van der Waals surface area (Å²) in [5.74, 6) is -0.715. The third kappa shape index (κ3) is 3.67. The van der Waals surface area contributed by atoms with Crippen molar-refractivity contribution in [2.45, 2.75) is 44.4 Å². The van der Waals surface area contributed by atoms with Crippen LogP contribution in [0.15, 0.2) is 48.0 Å². The summed E-state index contributed by atoms with van der Waals surface area (Å²) >= 11 is 6.07. The van der Waals surface area contributed by atoms with E-state index in [4.69, 9.17) is 21.1 Å². The zero-order valence-electron chi connectivity index (χ0n) is 17.7. The minimum Gasteiger partial charge on any atom is -0.507 e. The molecule has 2 aromatic rings. The third-order valence-corrected chi connectivity index (χ3v) is 6.57. The average Bonchev–Trinajstić information content (AvgIpc) is 3.48. The molecule has 1 amide bonds. The second-order valence-electron chi connectivity index (χ2n) is 8.59. The number of fused-ring (bicyclic) bond motifs is 1. The van der Waals surface area contributed by atoms with Gasteiger partial charge in [-0.2, -0.15) is 0 Å². The fourth-order valence-corrected chi connectivity index (χ4v) is 4.92. The summed E-state index contributed by atoms with van der Waals surface area (Å²) in [7, 11) is 0. The molecule has 6 nitrogen and oxygen atoms in total. The molecule has 5 rings (SSSR count). The van der Waals surface area contributed by atoms with Crippen LogP contribution >= 0.6 is 11.6 Å². The molecule has 2 aromatic carbocycles. The number of carbonyl (C=O) groups is 2. The third-order valence-electron chi connectivity index (χ3n) is 6.32. The van der Waals surface area contributed by atoms with Crippen molar-refractivity contribution in [1.29, 1.82) is 0 Å². The first-order chi connectivity index (χ1) is 15.4. The van der Waals surface area contributed by atoms with Crippen LogP contribution in [0.1, 0.15) is 42.5 Å². The van der Waals surface area contributed by atoms with E-state index in [0.717, 1.165) is 30.6 Å². The summed E-state index contributed by atoms with van der Waals surface area (Å²) in [6.45, 7) is 2.93. The highest BCUT2D eigenvalue weighted by atomic mass is 35.5. The van der Waals surface area contributed by atoms with E-state index in [0.29, 0.717) is 29.3 Å². The number of Topliss-reactive ketones (excluding diaryl/α,β-unsaturated/α-hetero) is 1. The number of carbonyl (C=O) groups excluding carboxylic acids is 2. The van der Waals surface area contributed by atoms with E-state index in [1.165, 1.54) is 4.90 Å². The molecule has 3 unspecified atom stereocenters. The Morgan fingerprint density at radius 2 is 1.97 bits per heavy atom. The monoisotopic (exact) mass is 453 g/mol. The number of likely N-dealkylation sites (tertiary alicyclic amines) is 1. The van der Waals surface area contributed by atoms with Crippen molar-refractivity contribution in [3.05, 3.63) is 69.8 Å². The first kappa shape index (κ1) is 21.0. The fraction of sp³-hybridized carbons (Fsp3) is 0.360. The number of hydrogen-bond acceptors (Lipinski definition) is 5. The normalized spacial score (nSPS) is 26.4. The van der Waals surface area contributed by atoms with Crippen molar-refractivity contribution in [1.82, 2.24) is 4.90 Å². The van der Waals surface area contributed by atoms with Gasteiger partial charge < -0.3 is 19.5 Å². The summed E-state index contributed by atoms with van der Waals surface area (Å²) in [5.41, 5.74) is 2.27. The molecule has 0 spiro atoms. The number of amides is 1. The smallest absolute Gasteiger partial charge is 0.295 e. The van der Waals surface area contributed by atoms with Gasteiger partial charge in [0.25, 0.3) is 11.7 Å². The van der Waals surface area contributed by atoms with Crippen molar-refractivity contribution in [3.8, 4) is 5.75 Å². The molecule has 0 aliphatic carbocycles. The Kier molecular flexibility index (Phi) is 5.43. The van der Waals surface area contributed by atoms with Gasteiger partial charge in [0.15, 0.2) is 0 Å². The molecule has 0 saturated carbocycles. The van der Waals surface area contributed by atoms with Gasteiger partial charge in [-0.3, -0.25) is 9.59 Å². The molecule has 1 N–H and O–H groups in total. The van der Waals surface area contributed by atoms with Crippen LogP contribution in [-0.2, 0) is 20.7 Å². The largest absolute Gasteiger partial charge is 0.507 e. The quantitative estimate of drug-likeness (QED) is 0.425. The van der Waals surface area contributed by atoms with E-state index < -0.39 is 17.7 Å². The Labute approximate surface area is 191 Å². The topological polar surface area (TPSA) is 76.1 Å². The zero-order chi connectivity index (χ0) is 22.4. The lowest BCUT2D eigenvalue weighted by atomic mass is 9.94. The van der Waals surface area contributed by atoms with Crippen molar-refractivity contribution >= 4 is 29.1 Å². The van der Waals surface area contributed by atoms with Crippen molar-refractivity contribution in [3.63, 3.8) is 0 Å². The van der Waals surface area contributed by atoms with Gasteiger partial charge in [0.1, 0.15) is 17.6 Å². The molecular formula is C25H24ClNO5. The molecule has 166 valence electrons. The number of ketones is 1. The van der Waals surface area contributed by atoms with Crippen molar-refractivity contribution in [2.75, 3.05) is 13.2 Å². The second-order valence-corrected chi connectivity index (χ2v) is 9.03. The SMILES string of the molecule is CC1Cc2cc(C(O)=C3C(=O)C(=O)N(CC4CCCO4)C3c3ccc(Cl)cc3)ccc2O1. The molecule has 3 heterocycles. The van der Waals surface area contributed by atoms with Crippen LogP contribution in [0.3, 0.4) is 0 Å². The molecule has 0 aromatic heterocycles. The zero-order valence-corrected chi connectivity index (χ0v) is 18.5. The maximum Gasteiger partial charge on any atom is 0.295 e. The van der Waals surface area contributed by atoms with Gasteiger partial charge in [0, 0.05) is 30.2 Å². The molecule has 0 bridgehead atoms. The van der Waals surface area contributed by atoms with Crippen LogP contribution in [0.5, 0.6) is 5.75 Å². The number of aliphatic hydroxyl groups is 1. The maximum absolute atomic E-state index is 13.1. The molecule has 0 radical (unpaired) electrons. The van der Waals surface area contributed by atoms with Gasteiger partial charge in [-0.1, -0.05) is 23.7 Å². The number of ether oxygens (including phenoxy) is 2. The van der Waals surface area contributed by atoms with Crippen molar-refractivity contribution in [2.24, 2.45) is 0 Å². The fourth-order valence-electron chi connectivity index (χ4n) is 4.79. The predicted molar refractivity (Wildman–Crippen MR) is 120 cm³/mol. The number of nitrogens with zero attached hydrogens (tertiary/aromatic N) is 1. The highest BCUT2D eigenvalue weighted by Gasteiger charge is 2.47. The Morgan fingerprint density at radius 3 is 2.69 bits per heavy atom. The number of benzene rings is 2. The van der Waals surface area contributed by atoms with E-state index in [9.17, 15) is 14.7 Å². The molecule has 7 heteroatoms. The molecular weight excluding hydrogens is 430 g/mol. The standard InChI is InChI=1S/C25H24ClNO5/c1-14-11-17-12-16(6-9-20(17)32-14)23(28)21-22(15-4-7-18(26)8-5-15)27(25(30)24(21)29)13-19-3-2-10-31-19/h4-9,12,14,19,22,28H,2-3,10-11,13H2,1H3. The number of rotatable bonds is 4. The minimum atomic E-state index is -0.708. The van der Waals surface area contributed by atoms with Crippen LogP contribution in [0, 0.1) is 0 Å². The van der Waals surface area contributed by atoms with E-state index in [2.05, 4.69) is 0 Å². The van der Waals surface area contributed by atoms with Crippen LogP contribution in [0.25, 0.3) is 5.76 Å². The van der Waals surface area contributed by atoms with Gasteiger partial charge in [-0.25, -0.2) is 0 Å². The second kappa shape index (κ2) is 8.26. The molecule has 2 fully saturated rings. The molecule has 32 heavy (non-hydrogen) atoms. The predicted octanol–water partition coefficient (Wildman–Crippen LogP) is 4.26. The molecule has 3 atom stereocenters. The summed E-state index contributed by atoms with van der Waals surface area (Å²) in [5, 5.41) is 11.8. The Hall–Kier alpha value is -2.83. The Bertz CT molecular complexity index is 1100. The lowest BCUT2D eigenvalue weighted by molar-refractivity contribution is -0.140. The van der Waals surface area contributed by atoms with Crippen LogP contribution in [0.4, 0.5) is 0 Å². The van der Waals surface area contributed by atoms with Gasteiger partial charge in [0.2, 0.25) is 0 Å². The first-order valence-electron chi connectivity index (χ1n) is 10.9. The lowest BCUT2D eigenvalue weighted by Crippen LogP contribution is -2.36. The Balaban J connectivity index is 1.59. The number of halogens is 1. The first-order valence-corrected chi connectivity index (χ1v) is 11.3. The summed E-state index contributed by atoms with van der Waals surface area (Å²) in [4.78, 5) is 27.7. The highest BCUT2D eigenvalue weighted by molar-refractivity contribution is 6.46. The number of hydrogen-bond donors (Lipinski definition) is 1. The van der Waals surface area contributed by atoms with Crippen LogP contribution in [0.2, 0.25) is 5.02 Å². The van der Waals surface area contributed by atoms with Crippen molar-refractivity contribution < 1.29 is 24.2 Å². The van der Waals surface area contributed by atoms with E-state index in [-0.39, 0.29) is 23.5 Å². The van der Waals surface area contributed by atoms with E-state index in [1.54, 1.807) is 36.4 Å². The van der Waals surface area contributed by atoms with Gasteiger partial charge in [0.05, 0.1) is 17.7 Å². The van der Waals surface area contributed by atoms with Crippen LogP contribution in [-0.4, -0.2) is 47.1 Å².